The minimum Gasteiger partial charge on any atom is -0.360 e. The van der Waals surface area contributed by atoms with Crippen molar-refractivity contribution in [1.29, 1.82) is 0 Å². The van der Waals surface area contributed by atoms with Gasteiger partial charge in [0.1, 0.15) is 5.69 Å². The highest BCUT2D eigenvalue weighted by atomic mass is 35.5. The van der Waals surface area contributed by atoms with E-state index in [9.17, 15) is 14.9 Å². The van der Waals surface area contributed by atoms with Crippen molar-refractivity contribution < 1.29 is 9.72 Å². The number of nitro benzene ring substituents is 1. The number of nitro groups is 1. The maximum absolute atomic E-state index is 12.1. The van der Waals surface area contributed by atoms with Crippen LogP contribution in [-0.4, -0.2) is 43.1 Å². The molecule has 1 aliphatic heterocycles. The van der Waals surface area contributed by atoms with E-state index in [0.29, 0.717) is 11.7 Å². The quantitative estimate of drug-likeness (QED) is 0.628. The number of anilines is 1. The lowest BCUT2D eigenvalue weighted by Gasteiger charge is -2.29. The molecule has 0 radical (unpaired) electrons. The number of halogens is 1. The number of nitrogens with one attached hydrogen (secondary N) is 2. The topological polar surface area (TPSA) is 87.5 Å². The van der Waals surface area contributed by atoms with Crippen LogP contribution in [0.1, 0.15) is 19.8 Å². The number of benzene rings is 1. The van der Waals surface area contributed by atoms with Crippen molar-refractivity contribution in [2.75, 3.05) is 25.0 Å². The summed E-state index contributed by atoms with van der Waals surface area (Å²) < 4.78 is 0. The summed E-state index contributed by atoms with van der Waals surface area (Å²) in [5.74, 6) is -0.111. The van der Waals surface area contributed by atoms with Crippen molar-refractivity contribution in [2.45, 2.75) is 31.8 Å². The SMILES string of the molecule is CC1CC(NC(=O)CN(C)c2ccccc2[N+](=O)[O-])CCN1.Cl. The number of amides is 1. The first-order chi connectivity index (χ1) is 10.5. The summed E-state index contributed by atoms with van der Waals surface area (Å²) in [6.07, 6.45) is 1.81. The third-order valence-corrected chi connectivity index (χ3v) is 3.86. The van der Waals surface area contributed by atoms with Crippen LogP contribution in [0.25, 0.3) is 0 Å². The van der Waals surface area contributed by atoms with E-state index < -0.39 is 4.92 Å². The maximum atomic E-state index is 12.1. The van der Waals surface area contributed by atoms with E-state index in [1.165, 1.54) is 6.07 Å². The van der Waals surface area contributed by atoms with Gasteiger partial charge in [-0.1, -0.05) is 12.1 Å². The molecule has 128 valence electrons. The minimum absolute atomic E-state index is 0. The van der Waals surface area contributed by atoms with Crippen LogP contribution in [0.4, 0.5) is 11.4 Å². The standard InChI is InChI=1S/C15H22N4O3.ClH/c1-11-9-12(7-8-16-11)17-15(20)10-18(2)13-5-3-4-6-14(13)19(21)22;/h3-6,11-12,16H,7-10H2,1-2H3,(H,17,20);1H. The van der Waals surface area contributed by atoms with Gasteiger partial charge in [-0.15, -0.1) is 12.4 Å². The number of para-hydroxylation sites is 2. The summed E-state index contributed by atoms with van der Waals surface area (Å²) in [6.45, 7) is 3.09. The fraction of sp³-hybridized carbons (Fsp3) is 0.533. The molecule has 2 atom stereocenters. The van der Waals surface area contributed by atoms with E-state index in [1.54, 1.807) is 30.1 Å². The second-order valence-corrected chi connectivity index (χ2v) is 5.75. The average Bonchev–Trinajstić information content (AvgIpc) is 2.47. The molecular weight excluding hydrogens is 320 g/mol. The number of rotatable bonds is 5. The molecule has 1 aliphatic rings. The lowest BCUT2D eigenvalue weighted by atomic mass is 10.0. The summed E-state index contributed by atoms with van der Waals surface area (Å²) in [6, 6.07) is 7.00. The van der Waals surface area contributed by atoms with Crippen LogP contribution in [0.2, 0.25) is 0 Å². The normalized spacial score (nSPS) is 20.3. The molecule has 8 heteroatoms. The average molecular weight is 343 g/mol. The Morgan fingerprint density at radius 2 is 2.17 bits per heavy atom. The van der Waals surface area contributed by atoms with Crippen LogP contribution in [0.3, 0.4) is 0 Å². The van der Waals surface area contributed by atoms with Gasteiger partial charge in [0.25, 0.3) is 5.69 Å². The Morgan fingerprint density at radius 3 is 2.83 bits per heavy atom. The highest BCUT2D eigenvalue weighted by Crippen LogP contribution is 2.26. The van der Waals surface area contributed by atoms with Gasteiger partial charge in [-0.2, -0.15) is 0 Å². The molecule has 0 saturated carbocycles. The van der Waals surface area contributed by atoms with Crippen LogP contribution in [0.5, 0.6) is 0 Å². The van der Waals surface area contributed by atoms with Crippen molar-refractivity contribution >= 4 is 29.7 Å². The van der Waals surface area contributed by atoms with Gasteiger partial charge in [0.2, 0.25) is 5.91 Å². The van der Waals surface area contributed by atoms with E-state index in [0.717, 1.165) is 19.4 Å². The predicted molar refractivity (Wildman–Crippen MR) is 92.2 cm³/mol. The van der Waals surface area contributed by atoms with Crippen molar-refractivity contribution in [3.05, 3.63) is 34.4 Å². The van der Waals surface area contributed by atoms with Crippen LogP contribution < -0.4 is 15.5 Å². The van der Waals surface area contributed by atoms with E-state index in [1.807, 2.05) is 0 Å². The Morgan fingerprint density at radius 1 is 1.48 bits per heavy atom. The van der Waals surface area contributed by atoms with Crippen LogP contribution >= 0.6 is 12.4 Å². The molecule has 7 nitrogen and oxygen atoms in total. The number of carbonyl (C=O) groups is 1. The molecule has 0 aliphatic carbocycles. The van der Waals surface area contributed by atoms with E-state index >= 15 is 0 Å². The molecule has 1 aromatic rings. The molecule has 0 spiro atoms. The second kappa shape index (κ2) is 8.69. The summed E-state index contributed by atoms with van der Waals surface area (Å²) >= 11 is 0. The Kier molecular flexibility index (Phi) is 7.25. The van der Waals surface area contributed by atoms with E-state index in [2.05, 4.69) is 17.6 Å². The van der Waals surface area contributed by atoms with Gasteiger partial charge in [0.05, 0.1) is 11.5 Å². The van der Waals surface area contributed by atoms with Gasteiger partial charge in [0.15, 0.2) is 0 Å². The lowest BCUT2D eigenvalue weighted by molar-refractivity contribution is -0.384. The Balaban J connectivity index is 0.00000264. The number of piperidine rings is 1. The molecular formula is C15H23ClN4O3. The van der Waals surface area contributed by atoms with Crippen molar-refractivity contribution in [3.63, 3.8) is 0 Å². The summed E-state index contributed by atoms with van der Waals surface area (Å²) in [4.78, 5) is 24.4. The molecule has 1 aromatic carbocycles. The Labute approximate surface area is 142 Å². The molecule has 2 N–H and O–H groups in total. The first-order valence-corrected chi connectivity index (χ1v) is 7.44. The Bertz CT molecular complexity index is 555. The van der Waals surface area contributed by atoms with Crippen molar-refractivity contribution in [3.8, 4) is 0 Å². The number of likely N-dealkylation sites (N-methyl/N-ethyl adjacent to an activating group) is 1. The maximum Gasteiger partial charge on any atom is 0.292 e. The third kappa shape index (κ3) is 5.37. The zero-order valence-corrected chi connectivity index (χ0v) is 14.1. The molecule has 2 rings (SSSR count). The smallest absolute Gasteiger partial charge is 0.292 e. The van der Waals surface area contributed by atoms with Crippen molar-refractivity contribution in [1.82, 2.24) is 10.6 Å². The first kappa shape index (κ1) is 19.2. The minimum atomic E-state index is -0.432. The molecule has 1 saturated heterocycles. The predicted octanol–water partition coefficient (Wildman–Crippen LogP) is 1.71. The van der Waals surface area contributed by atoms with Crippen LogP contribution in [0.15, 0.2) is 24.3 Å². The van der Waals surface area contributed by atoms with Gasteiger partial charge >= 0.3 is 0 Å². The summed E-state index contributed by atoms with van der Waals surface area (Å²) in [7, 11) is 1.69. The highest BCUT2D eigenvalue weighted by molar-refractivity contribution is 5.85. The Hall–Kier alpha value is -1.86. The fourth-order valence-corrected chi connectivity index (χ4v) is 2.78. The first-order valence-electron chi connectivity index (χ1n) is 7.44. The summed E-state index contributed by atoms with van der Waals surface area (Å²) in [5.41, 5.74) is 0.453. The third-order valence-electron chi connectivity index (χ3n) is 3.86. The highest BCUT2D eigenvalue weighted by Gasteiger charge is 2.22. The molecule has 0 aromatic heterocycles. The van der Waals surface area contributed by atoms with Crippen LogP contribution in [0, 0.1) is 10.1 Å². The monoisotopic (exact) mass is 342 g/mol. The molecule has 23 heavy (non-hydrogen) atoms. The molecule has 2 unspecified atom stereocenters. The lowest BCUT2D eigenvalue weighted by Crippen LogP contribution is -2.48. The van der Waals surface area contributed by atoms with Gasteiger partial charge in [0, 0.05) is 25.2 Å². The van der Waals surface area contributed by atoms with Gasteiger partial charge in [-0.3, -0.25) is 14.9 Å². The number of carbonyl (C=O) groups excluding carboxylic acids is 1. The zero-order valence-electron chi connectivity index (χ0n) is 13.3. The molecule has 0 bridgehead atoms. The van der Waals surface area contributed by atoms with E-state index in [-0.39, 0.29) is 36.6 Å². The van der Waals surface area contributed by atoms with Crippen molar-refractivity contribution in [2.24, 2.45) is 0 Å². The van der Waals surface area contributed by atoms with Gasteiger partial charge < -0.3 is 15.5 Å². The van der Waals surface area contributed by atoms with Crippen LogP contribution in [-0.2, 0) is 4.79 Å². The number of hydrogen-bond donors (Lipinski definition) is 2. The molecule has 1 heterocycles. The number of nitrogens with zero attached hydrogens (tertiary/aromatic N) is 2. The van der Waals surface area contributed by atoms with E-state index in [4.69, 9.17) is 0 Å². The van der Waals surface area contributed by atoms with Gasteiger partial charge in [-0.05, 0) is 32.4 Å². The molecule has 1 amide bonds. The fourth-order valence-electron chi connectivity index (χ4n) is 2.78. The number of hydrogen-bond acceptors (Lipinski definition) is 5. The second-order valence-electron chi connectivity index (χ2n) is 5.75. The summed E-state index contributed by atoms with van der Waals surface area (Å²) in [5, 5.41) is 17.4. The van der Waals surface area contributed by atoms with Gasteiger partial charge in [-0.25, -0.2) is 0 Å². The zero-order chi connectivity index (χ0) is 16.1. The largest absolute Gasteiger partial charge is 0.360 e. The molecule has 1 fully saturated rings.